The van der Waals surface area contributed by atoms with E-state index in [0.717, 1.165) is 26.1 Å². The zero-order valence-corrected chi connectivity index (χ0v) is 19.9. The van der Waals surface area contributed by atoms with Crippen molar-refractivity contribution in [3.63, 3.8) is 0 Å². The zero-order chi connectivity index (χ0) is 24.8. The van der Waals surface area contributed by atoms with Crippen LogP contribution >= 0.6 is 0 Å². The molecule has 0 aromatic heterocycles. The molecule has 1 amide bonds. The number of hydrogen-bond donors (Lipinski definition) is 1. The summed E-state index contributed by atoms with van der Waals surface area (Å²) in [6, 6.07) is 11.7. The number of ether oxygens (including phenoxy) is 2. The number of halogens is 1. The number of morpholine rings is 1. The summed E-state index contributed by atoms with van der Waals surface area (Å²) >= 11 is 0. The molecule has 2 saturated heterocycles. The highest BCUT2D eigenvalue weighted by atomic mass is 19.1. The number of rotatable bonds is 9. The molecular formula is C27H31FN2O5. The van der Waals surface area contributed by atoms with Crippen LogP contribution in [0.1, 0.15) is 36.9 Å². The van der Waals surface area contributed by atoms with Crippen LogP contribution in [0, 0.1) is 5.82 Å². The lowest BCUT2D eigenvalue weighted by atomic mass is 9.95. The van der Waals surface area contributed by atoms with E-state index in [-0.39, 0.29) is 16.9 Å². The maximum Gasteiger partial charge on any atom is 0.295 e. The molecule has 2 aliphatic heterocycles. The van der Waals surface area contributed by atoms with Crippen LogP contribution < -0.4 is 4.74 Å². The van der Waals surface area contributed by atoms with Crippen LogP contribution in [0.5, 0.6) is 5.75 Å². The maximum atomic E-state index is 13.4. The van der Waals surface area contributed by atoms with Crippen molar-refractivity contribution in [2.45, 2.75) is 25.8 Å². The Bertz CT molecular complexity index is 1060. The molecule has 1 unspecified atom stereocenters. The van der Waals surface area contributed by atoms with Gasteiger partial charge < -0.3 is 19.5 Å². The van der Waals surface area contributed by atoms with Crippen molar-refractivity contribution < 1.29 is 28.6 Å². The molecule has 1 atom stereocenters. The Balaban J connectivity index is 1.64. The molecule has 0 bridgehead atoms. The summed E-state index contributed by atoms with van der Waals surface area (Å²) in [5.41, 5.74) is 0.990. The fraction of sp³-hybridized carbons (Fsp3) is 0.407. The Labute approximate surface area is 204 Å². The molecule has 0 spiro atoms. The molecular weight excluding hydrogens is 451 g/mol. The summed E-state index contributed by atoms with van der Waals surface area (Å²) in [5.74, 6) is -1.46. The Kier molecular flexibility index (Phi) is 8.15. The number of Topliss-reactive ketones (excluding diaryl/α,β-unsaturated/α-hetero) is 1. The van der Waals surface area contributed by atoms with Gasteiger partial charge in [-0.3, -0.25) is 14.5 Å². The van der Waals surface area contributed by atoms with Crippen molar-refractivity contribution in [3.05, 3.63) is 71.0 Å². The predicted molar refractivity (Wildman–Crippen MR) is 130 cm³/mol. The number of benzene rings is 2. The first-order chi connectivity index (χ1) is 17.0. The Hall–Kier alpha value is -3.23. The first-order valence-corrected chi connectivity index (χ1v) is 12.1. The maximum absolute atomic E-state index is 13.4. The highest BCUT2D eigenvalue weighted by Gasteiger charge is 2.45. The molecule has 1 N–H and O–H groups in total. The van der Waals surface area contributed by atoms with Gasteiger partial charge in [-0.2, -0.15) is 0 Å². The lowest BCUT2D eigenvalue weighted by Crippen LogP contribution is -2.38. The van der Waals surface area contributed by atoms with Crippen molar-refractivity contribution in [3.8, 4) is 5.75 Å². The quantitative estimate of drug-likeness (QED) is 0.333. The van der Waals surface area contributed by atoms with Gasteiger partial charge >= 0.3 is 0 Å². The van der Waals surface area contributed by atoms with Crippen LogP contribution in [0.15, 0.2) is 54.1 Å². The number of aliphatic hydroxyl groups is 1. The minimum atomic E-state index is -0.745. The average molecular weight is 483 g/mol. The normalized spacial score (nSPS) is 20.4. The molecule has 0 aliphatic carbocycles. The number of aliphatic hydroxyl groups excluding tert-OH is 1. The first-order valence-electron chi connectivity index (χ1n) is 12.1. The summed E-state index contributed by atoms with van der Waals surface area (Å²) in [6.45, 7) is 6.81. The van der Waals surface area contributed by atoms with Gasteiger partial charge in [-0.25, -0.2) is 4.39 Å². The summed E-state index contributed by atoms with van der Waals surface area (Å²) in [4.78, 5) is 30.0. The first kappa shape index (κ1) is 24.9. The van der Waals surface area contributed by atoms with E-state index in [9.17, 15) is 19.1 Å². The van der Waals surface area contributed by atoms with E-state index in [4.69, 9.17) is 9.47 Å². The third-order valence-electron chi connectivity index (χ3n) is 6.30. The van der Waals surface area contributed by atoms with E-state index in [1.165, 1.54) is 29.2 Å². The van der Waals surface area contributed by atoms with Crippen molar-refractivity contribution in [1.82, 2.24) is 9.80 Å². The number of likely N-dealkylation sites (tertiary alicyclic amines) is 1. The molecule has 8 heteroatoms. The van der Waals surface area contributed by atoms with Crippen LogP contribution in [0.3, 0.4) is 0 Å². The molecule has 186 valence electrons. The molecule has 2 heterocycles. The third kappa shape index (κ3) is 5.71. The van der Waals surface area contributed by atoms with Gasteiger partial charge in [0.15, 0.2) is 0 Å². The number of amides is 1. The second-order valence-corrected chi connectivity index (χ2v) is 8.72. The van der Waals surface area contributed by atoms with E-state index in [0.29, 0.717) is 44.1 Å². The minimum absolute atomic E-state index is 0.00945. The van der Waals surface area contributed by atoms with Crippen LogP contribution in [0.4, 0.5) is 4.39 Å². The van der Waals surface area contributed by atoms with Gasteiger partial charge in [0, 0.05) is 31.7 Å². The SMILES string of the molecule is CCCOc1ccc(C2/C(=C(\O)c3ccc(F)cc3)C(=O)C(=O)N2CCCN2CCOCC2)cc1. The van der Waals surface area contributed by atoms with Crippen LogP contribution in [0.25, 0.3) is 5.76 Å². The second-order valence-electron chi connectivity index (χ2n) is 8.72. The molecule has 4 rings (SSSR count). The summed E-state index contributed by atoms with van der Waals surface area (Å²) in [6.07, 6.45) is 1.56. The molecule has 0 radical (unpaired) electrons. The zero-order valence-electron chi connectivity index (χ0n) is 19.9. The largest absolute Gasteiger partial charge is 0.507 e. The third-order valence-corrected chi connectivity index (χ3v) is 6.30. The van der Waals surface area contributed by atoms with Gasteiger partial charge in [-0.05, 0) is 54.8 Å². The van der Waals surface area contributed by atoms with Crippen LogP contribution in [-0.2, 0) is 14.3 Å². The average Bonchev–Trinajstić information content (AvgIpc) is 3.13. The predicted octanol–water partition coefficient (Wildman–Crippen LogP) is 3.76. The van der Waals surface area contributed by atoms with Gasteiger partial charge in [0.1, 0.15) is 17.3 Å². The molecule has 7 nitrogen and oxygen atoms in total. The minimum Gasteiger partial charge on any atom is -0.507 e. The smallest absolute Gasteiger partial charge is 0.295 e. The number of carbonyl (C=O) groups excluding carboxylic acids is 2. The van der Waals surface area contributed by atoms with Gasteiger partial charge in [-0.15, -0.1) is 0 Å². The fourth-order valence-corrected chi connectivity index (χ4v) is 4.48. The monoisotopic (exact) mass is 482 g/mol. The number of nitrogens with zero attached hydrogens (tertiary/aromatic N) is 2. The van der Waals surface area contributed by atoms with Gasteiger partial charge in [-0.1, -0.05) is 19.1 Å². The number of carbonyl (C=O) groups is 2. The Morgan fingerprint density at radius 3 is 2.40 bits per heavy atom. The molecule has 2 aromatic rings. The molecule has 2 aliphatic rings. The lowest BCUT2D eigenvalue weighted by molar-refractivity contribution is -0.140. The Morgan fingerprint density at radius 1 is 1.06 bits per heavy atom. The van der Waals surface area contributed by atoms with E-state index in [2.05, 4.69) is 4.90 Å². The highest BCUT2D eigenvalue weighted by Crippen LogP contribution is 2.40. The fourth-order valence-electron chi connectivity index (χ4n) is 4.48. The van der Waals surface area contributed by atoms with Crippen molar-refractivity contribution in [2.75, 3.05) is 46.0 Å². The molecule has 2 aromatic carbocycles. The standard InChI is InChI=1S/C27H31FN2O5/c1-2-16-35-22-10-6-19(7-11-22)24-23(25(31)20-4-8-21(28)9-5-20)26(32)27(33)30(24)13-3-12-29-14-17-34-18-15-29/h4-11,24,31H,2-3,12-18H2,1H3/b25-23+. The van der Waals surface area contributed by atoms with Crippen LogP contribution in [-0.4, -0.2) is 72.6 Å². The van der Waals surface area contributed by atoms with Gasteiger partial charge in [0.2, 0.25) is 0 Å². The number of hydrogen-bond acceptors (Lipinski definition) is 6. The Morgan fingerprint density at radius 2 is 1.74 bits per heavy atom. The molecule has 2 fully saturated rings. The lowest BCUT2D eigenvalue weighted by Gasteiger charge is -2.29. The van der Waals surface area contributed by atoms with Gasteiger partial charge in [0.05, 0.1) is 31.4 Å². The van der Waals surface area contributed by atoms with Gasteiger partial charge in [0.25, 0.3) is 11.7 Å². The highest BCUT2D eigenvalue weighted by molar-refractivity contribution is 6.46. The summed E-state index contributed by atoms with van der Waals surface area (Å²) in [5, 5.41) is 11.1. The van der Waals surface area contributed by atoms with E-state index >= 15 is 0 Å². The molecule has 0 saturated carbocycles. The van der Waals surface area contributed by atoms with E-state index in [1.807, 2.05) is 19.1 Å². The summed E-state index contributed by atoms with van der Waals surface area (Å²) < 4.78 is 24.5. The summed E-state index contributed by atoms with van der Waals surface area (Å²) in [7, 11) is 0. The van der Waals surface area contributed by atoms with Crippen molar-refractivity contribution >= 4 is 17.4 Å². The van der Waals surface area contributed by atoms with Crippen LogP contribution in [0.2, 0.25) is 0 Å². The van der Waals surface area contributed by atoms with Crippen molar-refractivity contribution in [1.29, 1.82) is 0 Å². The van der Waals surface area contributed by atoms with E-state index in [1.54, 1.807) is 12.1 Å². The topological polar surface area (TPSA) is 79.3 Å². The number of ketones is 1. The molecule has 35 heavy (non-hydrogen) atoms. The van der Waals surface area contributed by atoms with E-state index < -0.39 is 23.5 Å². The van der Waals surface area contributed by atoms with Crippen molar-refractivity contribution in [2.24, 2.45) is 0 Å². The second kappa shape index (κ2) is 11.5.